The van der Waals surface area contributed by atoms with E-state index in [-0.39, 0.29) is 0 Å². The van der Waals surface area contributed by atoms with Crippen molar-refractivity contribution in [2.75, 3.05) is 0 Å². The maximum Gasteiger partial charge on any atom is 0.310 e. The summed E-state index contributed by atoms with van der Waals surface area (Å²) in [6.07, 6.45) is 5.55. The van der Waals surface area contributed by atoms with E-state index < -0.39 is 11.4 Å². The number of rotatable bonds is 3. The number of imidazole rings is 1. The first kappa shape index (κ1) is 12.6. The number of carboxylic acid groups (broad SMARTS) is 1. The van der Waals surface area contributed by atoms with Crippen LogP contribution in [0.1, 0.15) is 16.8 Å². The number of fused-ring (bicyclic) bond motifs is 2. The monoisotopic (exact) mass is 298 g/mol. The quantitative estimate of drug-likeness (QED) is 0.809. The normalized spacial score (nSPS) is 16.2. The van der Waals surface area contributed by atoms with Crippen molar-refractivity contribution in [2.24, 2.45) is 5.41 Å². The van der Waals surface area contributed by atoms with Crippen LogP contribution in [0.2, 0.25) is 0 Å². The molecule has 0 saturated heterocycles. The molecule has 0 radical (unpaired) electrons. The Morgan fingerprint density at radius 2 is 2.05 bits per heavy atom. The molecule has 0 unspecified atom stereocenters. The van der Waals surface area contributed by atoms with Crippen LogP contribution in [0.15, 0.2) is 42.0 Å². The number of thiazole rings is 1. The number of hydrogen-bond donors (Lipinski definition) is 1. The third-order valence-electron chi connectivity index (χ3n) is 4.29. The molecule has 1 aliphatic rings. The van der Waals surface area contributed by atoms with Crippen LogP contribution in [0.3, 0.4) is 0 Å². The van der Waals surface area contributed by atoms with Crippen LogP contribution in [0.4, 0.5) is 0 Å². The fraction of sp³-hybridized carbons (Fsp3) is 0.250. The average molecular weight is 298 g/mol. The van der Waals surface area contributed by atoms with Crippen LogP contribution in [0, 0.1) is 5.41 Å². The van der Waals surface area contributed by atoms with E-state index in [2.05, 4.69) is 4.98 Å². The highest BCUT2D eigenvalue weighted by atomic mass is 32.1. The minimum atomic E-state index is -0.756. The van der Waals surface area contributed by atoms with Gasteiger partial charge in [0.2, 0.25) is 0 Å². The summed E-state index contributed by atoms with van der Waals surface area (Å²) >= 11 is 1.57. The second-order valence-electron chi connectivity index (χ2n) is 5.71. The number of carboxylic acids is 1. The van der Waals surface area contributed by atoms with Crippen molar-refractivity contribution in [3.8, 4) is 0 Å². The molecule has 0 aliphatic heterocycles. The van der Waals surface area contributed by atoms with E-state index in [1.54, 1.807) is 11.3 Å². The molecule has 0 spiro atoms. The largest absolute Gasteiger partial charge is 0.481 e. The lowest BCUT2D eigenvalue weighted by Crippen LogP contribution is -2.34. The molecule has 2 aromatic heterocycles. The van der Waals surface area contributed by atoms with Gasteiger partial charge in [-0.2, -0.15) is 0 Å². The highest BCUT2D eigenvalue weighted by Crippen LogP contribution is 2.40. The minimum absolute atomic E-state index is 0.478. The summed E-state index contributed by atoms with van der Waals surface area (Å²) in [6.45, 7) is 0. The summed E-state index contributed by atoms with van der Waals surface area (Å²) < 4.78 is 1.96. The van der Waals surface area contributed by atoms with E-state index in [0.717, 1.165) is 21.8 Å². The van der Waals surface area contributed by atoms with Gasteiger partial charge in [0, 0.05) is 24.2 Å². The fourth-order valence-electron chi connectivity index (χ4n) is 3.25. The molecular formula is C16H14N2O2S. The highest BCUT2D eigenvalue weighted by molar-refractivity contribution is 7.15. The van der Waals surface area contributed by atoms with E-state index in [9.17, 15) is 9.90 Å². The third kappa shape index (κ3) is 1.96. The zero-order valence-corrected chi connectivity index (χ0v) is 12.1. The highest BCUT2D eigenvalue weighted by Gasteiger charge is 2.44. The Kier molecular flexibility index (Phi) is 2.65. The summed E-state index contributed by atoms with van der Waals surface area (Å²) in [5.74, 6) is -0.727. The van der Waals surface area contributed by atoms with Crippen molar-refractivity contribution >= 4 is 22.3 Å². The molecule has 0 saturated carbocycles. The van der Waals surface area contributed by atoms with E-state index in [0.29, 0.717) is 19.3 Å². The van der Waals surface area contributed by atoms with E-state index in [4.69, 9.17) is 0 Å². The van der Waals surface area contributed by atoms with E-state index in [1.807, 2.05) is 46.4 Å². The Hall–Kier alpha value is -2.14. The van der Waals surface area contributed by atoms with Crippen molar-refractivity contribution in [3.63, 3.8) is 0 Å². The van der Waals surface area contributed by atoms with Crippen LogP contribution >= 0.6 is 11.3 Å². The zero-order valence-electron chi connectivity index (χ0n) is 11.3. The molecule has 1 aromatic carbocycles. The number of hydrogen-bond acceptors (Lipinski definition) is 3. The van der Waals surface area contributed by atoms with E-state index >= 15 is 0 Å². The number of carbonyl (C=O) groups is 1. The molecule has 0 atom stereocenters. The first-order valence-electron chi connectivity index (χ1n) is 6.88. The summed E-state index contributed by atoms with van der Waals surface area (Å²) in [5.41, 5.74) is 2.41. The van der Waals surface area contributed by atoms with Crippen molar-refractivity contribution in [3.05, 3.63) is 58.9 Å². The van der Waals surface area contributed by atoms with Crippen LogP contribution in [0.5, 0.6) is 0 Å². The lowest BCUT2D eigenvalue weighted by Gasteiger charge is -2.22. The SMILES string of the molecule is O=C(O)C1(Cc2cn3ccsc3n2)Cc2ccccc2C1. The van der Waals surface area contributed by atoms with Crippen LogP contribution in [-0.2, 0) is 24.1 Å². The molecule has 2 heterocycles. The van der Waals surface area contributed by atoms with Crippen LogP contribution in [0.25, 0.3) is 4.96 Å². The smallest absolute Gasteiger partial charge is 0.310 e. The van der Waals surface area contributed by atoms with Crippen LogP contribution < -0.4 is 0 Å². The molecule has 0 fully saturated rings. The fourth-order valence-corrected chi connectivity index (χ4v) is 3.97. The van der Waals surface area contributed by atoms with Gasteiger partial charge in [-0.25, -0.2) is 4.98 Å². The number of nitrogens with zero attached hydrogens (tertiary/aromatic N) is 2. The van der Waals surface area contributed by atoms with Gasteiger partial charge in [-0.1, -0.05) is 24.3 Å². The predicted octanol–water partition coefficient (Wildman–Crippen LogP) is 2.81. The van der Waals surface area contributed by atoms with Gasteiger partial charge >= 0.3 is 5.97 Å². The van der Waals surface area contributed by atoms with Crippen molar-refractivity contribution in [1.29, 1.82) is 0 Å². The lowest BCUT2D eigenvalue weighted by molar-refractivity contribution is -0.148. The summed E-state index contributed by atoms with van der Waals surface area (Å²) in [7, 11) is 0. The molecule has 0 amide bonds. The van der Waals surface area contributed by atoms with Crippen molar-refractivity contribution < 1.29 is 9.90 Å². The average Bonchev–Trinajstić information content (AvgIpc) is 3.10. The zero-order chi connectivity index (χ0) is 14.4. The van der Waals surface area contributed by atoms with Gasteiger partial charge in [-0.3, -0.25) is 9.20 Å². The van der Waals surface area contributed by atoms with Gasteiger partial charge in [-0.15, -0.1) is 11.3 Å². The lowest BCUT2D eigenvalue weighted by atomic mass is 9.80. The molecule has 1 aliphatic carbocycles. The molecule has 4 nitrogen and oxygen atoms in total. The topological polar surface area (TPSA) is 54.6 Å². The number of aromatic nitrogens is 2. The second kappa shape index (κ2) is 4.43. The van der Waals surface area contributed by atoms with Gasteiger partial charge in [0.25, 0.3) is 0 Å². The molecular weight excluding hydrogens is 284 g/mol. The van der Waals surface area contributed by atoms with Crippen LogP contribution in [-0.4, -0.2) is 20.5 Å². The summed E-state index contributed by atoms with van der Waals surface area (Å²) in [4.78, 5) is 17.4. The molecule has 5 heteroatoms. The Bertz CT molecular complexity index is 780. The first-order chi connectivity index (χ1) is 10.2. The molecule has 3 aromatic rings. The number of aliphatic carboxylic acids is 1. The minimum Gasteiger partial charge on any atom is -0.481 e. The maximum atomic E-state index is 11.9. The van der Waals surface area contributed by atoms with E-state index in [1.165, 1.54) is 0 Å². The Morgan fingerprint density at radius 1 is 1.33 bits per heavy atom. The first-order valence-corrected chi connectivity index (χ1v) is 7.76. The predicted molar refractivity (Wildman–Crippen MR) is 80.7 cm³/mol. The Labute approximate surface area is 125 Å². The molecule has 21 heavy (non-hydrogen) atoms. The molecule has 106 valence electrons. The molecule has 0 bridgehead atoms. The van der Waals surface area contributed by atoms with Gasteiger partial charge in [0.15, 0.2) is 4.96 Å². The molecule has 4 rings (SSSR count). The summed E-state index contributed by atoms with van der Waals surface area (Å²) in [6, 6.07) is 8.02. The Balaban J connectivity index is 1.70. The van der Waals surface area contributed by atoms with Gasteiger partial charge in [0.1, 0.15) is 0 Å². The number of benzene rings is 1. The van der Waals surface area contributed by atoms with Gasteiger partial charge in [0.05, 0.1) is 11.1 Å². The second-order valence-corrected chi connectivity index (χ2v) is 6.58. The molecule has 1 N–H and O–H groups in total. The maximum absolute atomic E-state index is 11.9. The van der Waals surface area contributed by atoms with Gasteiger partial charge < -0.3 is 5.11 Å². The summed E-state index contributed by atoms with van der Waals surface area (Å²) in [5, 5.41) is 11.8. The van der Waals surface area contributed by atoms with Crippen molar-refractivity contribution in [2.45, 2.75) is 19.3 Å². The third-order valence-corrected chi connectivity index (χ3v) is 5.06. The standard InChI is InChI=1S/C16H14N2O2S/c19-14(20)16(7-11-3-1-2-4-12(11)8-16)9-13-10-18-5-6-21-15(18)17-13/h1-6,10H,7-9H2,(H,19,20). The Morgan fingerprint density at radius 3 is 2.67 bits per heavy atom. The van der Waals surface area contributed by atoms with Crippen molar-refractivity contribution in [1.82, 2.24) is 9.38 Å². The van der Waals surface area contributed by atoms with Gasteiger partial charge in [-0.05, 0) is 24.0 Å².